The molecule has 29 heavy (non-hydrogen) atoms. The summed E-state index contributed by atoms with van der Waals surface area (Å²) in [7, 11) is 0. The van der Waals surface area contributed by atoms with E-state index in [-0.39, 0.29) is 17.6 Å². The number of carbonyl (C=O) groups is 1. The summed E-state index contributed by atoms with van der Waals surface area (Å²) in [4.78, 5) is 18.6. The highest BCUT2D eigenvalue weighted by Gasteiger charge is 2.35. The van der Waals surface area contributed by atoms with Crippen molar-refractivity contribution in [1.29, 1.82) is 0 Å². The third kappa shape index (κ3) is 4.45. The number of hydrogen-bond donors (Lipinski definition) is 0. The second kappa shape index (κ2) is 7.55. The van der Waals surface area contributed by atoms with Crippen LogP contribution in [0.1, 0.15) is 18.4 Å². The van der Waals surface area contributed by atoms with Gasteiger partial charge >= 0.3 is 6.36 Å². The minimum atomic E-state index is -4.71. The summed E-state index contributed by atoms with van der Waals surface area (Å²) < 4.78 is 40.7. The van der Waals surface area contributed by atoms with Crippen LogP contribution in [-0.4, -0.2) is 24.5 Å². The van der Waals surface area contributed by atoms with Gasteiger partial charge in [0.05, 0.1) is 0 Å². The summed E-state index contributed by atoms with van der Waals surface area (Å²) in [5.41, 5.74) is 3.38. The molecule has 1 unspecified atom stereocenters. The molecular formula is C21H16ClF3N2O2. The molecule has 2 aromatic rings. The first-order chi connectivity index (χ1) is 13.8. The van der Waals surface area contributed by atoms with Gasteiger partial charge in [-0.05, 0) is 47.5 Å². The quantitative estimate of drug-likeness (QED) is 0.657. The summed E-state index contributed by atoms with van der Waals surface area (Å²) in [5.74, 6) is -0.233. The number of rotatable bonds is 4. The monoisotopic (exact) mass is 420 g/mol. The third-order valence-electron chi connectivity index (χ3n) is 4.95. The smallest absolute Gasteiger partial charge is 0.406 e. The van der Waals surface area contributed by atoms with Crippen molar-refractivity contribution < 1.29 is 22.7 Å². The second-order valence-electron chi connectivity index (χ2n) is 6.91. The van der Waals surface area contributed by atoms with Gasteiger partial charge in [0.25, 0.3) is 0 Å². The first-order valence-corrected chi connectivity index (χ1v) is 9.34. The number of benzene rings is 2. The van der Waals surface area contributed by atoms with Crippen LogP contribution < -0.4 is 9.64 Å². The molecule has 2 aromatic carbocycles. The van der Waals surface area contributed by atoms with Gasteiger partial charge in [0.1, 0.15) is 5.75 Å². The number of aliphatic imine (C=N–C) groups is 1. The van der Waals surface area contributed by atoms with E-state index in [4.69, 9.17) is 11.6 Å². The van der Waals surface area contributed by atoms with E-state index in [0.717, 1.165) is 22.5 Å². The van der Waals surface area contributed by atoms with Crippen LogP contribution >= 0.6 is 11.6 Å². The highest BCUT2D eigenvalue weighted by Crippen LogP contribution is 2.33. The fourth-order valence-corrected chi connectivity index (χ4v) is 3.67. The Bertz CT molecular complexity index is 982. The molecule has 0 spiro atoms. The van der Waals surface area contributed by atoms with Gasteiger partial charge in [-0.2, -0.15) is 0 Å². The fourth-order valence-electron chi connectivity index (χ4n) is 3.55. The Morgan fingerprint density at radius 1 is 1.07 bits per heavy atom. The number of hydrogen-bond acceptors (Lipinski definition) is 3. The van der Waals surface area contributed by atoms with E-state index < -0.39 is 6.36 Å². The van der Waals surface area contributed by atoms with Crippen molar-refractivity contribution in [3.8, 4) is 5.75 Å². The average Bonchev–Trinajstić information content (AvgIpc) is 3.29. The lowest BCUT2D eigenvalue weighted by molar-refractivity contribution is -0.274. The minimum Gasteiger partial charge on any atom is -0.406 e. The van der Waals surface area contributed by atoms with E-state index in [1.165, 1.54) is 12.1 Å². The van der Waals surface area contributed by atoms with Crippen LogP contribution in [0.15, 0.2) is 59.7 Å². The Hall–Kier alpha value is -2.80. The van der Waals surface area contributed by atoms with Crippen LogP contribution in [0.2, 0.25) is 5.02 Å². The van der Waals surface area contributed by atoms with Crippen molar-refractivity contribution in [2.24, 2.45) is 10.9 Å². The number of ether oxygens (including phenoxy) is 1. The van der Waals surface area contributed by atoms with Crippen molar-refractivity contribution in [1.82, 2.24) is 0 Å². The maximum absolute atomic E-state index is 12.4. The van der Waals surface area contributed by atoms with Crippen molar-refractivity contribution >= 4 is 34.5 Å². The molecule has 0 bridgehead atoms. The molecule has 2 aliphatic heterocycles. The molecule has 0 aromatic heterocycles. The fraction of sp³-hybridized carbons (Fsp3) is 0.238. The number of anilines is 1. The SMILES string of the molecule is O=C1CC(C2=NC=C(c3ccc(OC(F)(F)F)cc3)C2)CN1c1ccc(Cl)cc1. The lowest BCUT2D eigenvalue weighted by Gasteiger charge is -2.17. The van der Waals surface area contributed by atoms with Gasteiger partial charge < -0.3 is 9.64 Å². The maximum Gasteiger partial charge on any atom is 0.573 e. The lowest BCUT2D eigenvalue weighted by atomic mass is 9.95. The van der Waals surface area contributed by atoms with Gasteiger partial charge in [-0.3, -0.25) is 9.79 Å². The van der Waals surface area contributed by atoms with Crippen molar-refractivity contribution in [3.05, 3.63) is 65.3 Å². The highest BCUT2D eigenvalue weighted by atomic mass is 35.5. The highest BCUT2D eigenvalue weighted by molar-refractivity contribution is 6.30. The third-order valence-corrected chi connectivity index (χ3v) is 5.20. The molecule has 1 amide bonds. The van der Waals surface area contributed by atoms with Gasteiger partial charge in [-0.1, -0.05) is 23.7 Å². The van der Waals surface area contributed by atoms with Gasteiger partial charge in [-0.25, -0.2) is 0 Å². The predicted octanol–water partition coefficient (Wildman–Crippen LogP) is 5.48. The molecule has 0 aliphatic carbocycles. The molecule has 0 radical (unpaired) electrons. The van der Waals surface area contributed by atoms with Crippen LogP contribution in [0.4, 0.5) is 18.9 Å². The first-order valence-electron chi connectivity index (χ1n) is 8.96. The summed E-state index contributed by atoms with van der Waals surface area (Å²) in [6.45, 7) is 0.540. The Labute approximate surface area is 170 Å². The Morgan fingerprint density at radius 2 is 1.76 bits per heavy atom. The predicted molar refractivity (Wildman–Crippen MR) is 105 cm³/mol. The van der Waals surface area contributed by atoms with Crippen molar-refractivity contribution in [2.45, 2.75) is 19.2 Å². The Kier molecular flexibility index (Phi) is 5.08. The van der Waals surface area contributed by atoms with Gasteiger partial charge in [-0.15, -0.1) is 13.2 Å². The van der Waals surface area contributed by atoms with Crippen LogP contribution in [0, 0.1) is 5.92 Å². The van der Waals surface area contributed by atoms with E-state index in [1.807, 2.05) is 12.1 Å². The largest absolute Gasteiger partial charge is 0.573 e. The Balaban J connectivity index is 1.39. The molecular weight excluding hydrogens is 405 g/mol. The van der Waals surface area contributed by atoms with Crippen molar-refractivity contribution in [2.75, 3.05) is 11.4 Å². The molecule has 2 aliphatic rings. The Morgan fingerprint density at radius 3 is 2.41 bits per heavy atom. The summed E-state index contributed by atoms with van der Waals surface area (Å²) in [6, 6.07) is 12.8. The molecule has 150 valence electrons. The summed E-state index contributed by atoms with van der Waals surface area (Å²) in [5, 5.41) is 0.609. The molecule has 8 heteroatoms. The zero-order chi connectivity index (χ0) is 20.6. The van der Waals surface area contributed by atoms with E-state index in [0.29, 0.717) is 24.4 Å². The zero-order valence-corrected chi connectivity index (χ0v) is 15.9. The van der Waals surface area contributed by atoms with Crippen LogP contribution in [0.5, 0.6) is 5.75 Å². The molecule has 4 rings (SSSR count). The first kappa shape index (κ1) is 19.5. The topological polar surface area (TPSA) is 41.9 Å². The van der Waals surface area contributed by atoms with Crippen molar-refractivity contribution in [3.63, 3.8) is 0 Å². The number of halogens is 4. The molecule has 1 saturated heterocycles. The van der Waals surface area contributed by atoms with Crippen LogP contribution in [0.3, 0.4) is 0 Å². The standard InChI is InChI=1S/C21H16ClF3N2O2/c22-16-3-5-17(6-4-16)27-12-15(10-20(27)28)19-9-14(11-26-19)13-1-7-18(8-2-13)29-21(23,24)25/h1-8,11,15H,9-10,12H2. The van der Waals surface area contributed by atoms with E-state index in [2.05, 4.69) is 9.73 Å². The number of carbonyl (C=O) groups excluding carboxylic acids is 1. The lowest BCUT2D eigenvalue weighted by Crippen LogP contribution is -2.25. The van der Waals surface area contributed by atoms with Gasteiger partial charge in [0.15, 0.2) is 0 Å². The molecule has 1 atom stereocenters. The van der Waals surface area contributed by atoms with Crippen LogP contribution in [0.25, 0.3) is 5.57 Å². The van der Waals surface area contributed by atoms with E-state index in [1.54, 1.807) is 35.4 Å². The van der Waals surface area contributed by atoms with Crippen LogP contribution in [-0.2, 0) is 4.79 Å². The minimum absolute atomic E-state index is 0.000218. The average molecular weight is 421 g/mol. The number of alkyl halides is 3. The number of nitrogens with zero attached hydrogens (tertiary/aromatic N) is 2. The molecule has 1 fully saturated rings. The molecule has 4 nitrogen and oxygen atoms in total. The normalized spacial score (nSPS) is 19.4. The van der Waals surface area contributed by atoms with Gasteiger partial charge in [0, 0.05) is 47.9 Å². The summed E-state index contributed by atoms with van der Waals surface area (Å²) in [6.07, 6.45) is -2.06. The molecule has 0 N–H and O–H groups in total. The maximum atomic E-state index is 12.4. The number of amides is 1. The molecule has 0 saturated carbocycles. The van der Waals surface area contributed by atoms with E-state index >= 15 is 0 Å². The van der Waals surface area contributed by atoms with E-state index in [9.17, 15) is 18.0 Å². The summed E-state index contributed by atoms with van der Waals surface area (Å²) >= 11 is 5.91. The zero-order valence-electron chi connectivity index (χ0n) is 15.1. The molecule has 2 heterocycles. The number of allylic oxidation sites excluding steroid dienone is 1. The van der Waals surface area contributed by atoms with Gasteiger partial charge in [0.2, 0.25) is 5.91 Å². The second-order valence-corrected chi connectivity index (χ2v) is 7.34.